The van der Waals surface area contributed by atoms with E-state index >= 15 is 0 Å². The zero-order chi connectivity index (χ0) is 6.85. The van der Waals surface area contributed by atoms with Gasteiger partial charge in [0.1, 0.15) is 6.33 Å². The topological polar surface area (TPSA) is 71.2 Å². The van der Waals surface area contributed by atoms with Gasteiger partial charge in [-0.15, -0.1) is 0 Å². The molecule has 1 rings (SSSR count). The Morgan fingerprint density at radius 3 is 2.56 bits per heavy atom. The van der Waals surface area contributed by atoms with E-state index in [1.165, 1.54) is 11.0 Å². The van der Waals surface area contributed by atoms with Gasteiger partial charge in [0, 0.05) is 7.05 Å². The molecule has 1 heterocycles. The molecule has 2 N–H and O–H groups in total. The molecule has 0 aliphatic heterocycles. The molecule has 1 aromatic rings. The minimum atomic E-state index is -1.53. The fourth-order valence-electron chi connectivity index (χ4n) is 0.539. The number of nitrogens with zero attached hydrogens (tertiary/aromatic N) is 3. The summed E-state index contributed by atoms with van der Waals surface area (Å²) in [6, 6.07) is 0. The van der Waals surface area contributed by atoms with Crippen molar-refractivity contribution in [1.82, 2.24) is 14.8 Å². The highest BCUT2D eigenvalue weighted by Crippen LogP contribution is 1.70. The average molecular weight is 127 g/mol. The molecule has 5 nitrogen and oxygen atoms in total. The third-order valence-electron chi connectivity index (χ3n) is 0.977. The molecule has 0 aliphatic rings. The van der Waals surface area contributed by atoms with Crippen LogP contribution in [-0.4, -0.2) is 31.9 Å². The highest BCUT2D eigenvalue weighted by atomic mass is 16.4. The first kappa shape index (κ1) is 6.25. The van der Waals surface area contributed by atoms with E-state index in [1.54, 1.807) is 7.05 Å². The quantitative estimate of drug-likeness (QED) is 0.409. The molecule has 48 valence electrons. The molecule has 6 heteroatoms. The normalized spacial score (nSPS) is 9.67. The van der Waals surface area contributed by atoms with Crippen LogP contribution in [0.3, 0.4) is 0 Å². The van der Waals surface area contributed by atoms with Gasteiger partial charge < -0.3 is 10.0 Å². The Hall–Kier alpha value is -0.875. The standard InChI is InChI=1S/C3H6BN3O2/c1-7-3(4(8)9)5-2-6-7/h2,8-9H,1H3. The second kappa shape index (κ2) is 2.16. The van der Waals surface area contributed by atoms with Gasteiger partial charge in [0.15, 0.2) is 5.72 Å². The maximum Gasteiger partial charge on any atom is 0.527 e. The third kappa shape index (κ3) is 1.09. The van der Waals surface area contributed by atoms with Crippen molar-refractivity contribution in [2.45, 2.75) is 0 Å². The molecule has 9 heavy (non-hydrogen) atoms. The highest BCUT2D eigenvalue weighted by Gasteiger charge is 2.16. The highest BCUT2D eigenvalue weighted by molar-refractivity contribution is 6.56. The van der Waals surface area contributed by atoms with Crippen LogP contribution in [0, 0.1) is 0 Å². The molecule has 0 atom stereocenters. The van der Waals surface area contributed by atoms with E-state index in [0.717, 1.165) is 0 Å². The number of hydrogen-bond acceptors (Lipinski definition) is 4. The summed E-state index contributed by atoms with van der Waals surface area (Å²) in [5.41, 5.74) is 0.148. The van der Waals surface area contributed by atoms with Gasteiger partial charge in [-0.25, -0.2) is 4.98 Å². The van der Waals surface area contributed by atoms with Crippen molar-refractivity contribution in [3.8, 4) is 0 Å². The number of hydrogen-bond donors (Lipinski definition) is 2. The Bertz CT molecular complexity index is 199. The summed E-state index contributed by atoms with van der Waals surface area (Å²) < 4.78 is 1.30. The van der Waals surface area contributed by atoms with E-state index in [4.69, 9.17) is 10.0 Å². The summed E-state index contributed by atoms with van der Waals surface area (Å²) in [5.74, 6) is 0. The number of aryl methyl sites for hydroxylation is 1. The van der Waals surface area contributed by atoms with Crippen LogP contribution in [0.4, 0.5) is 0 Å². The molecule has 0 aromatic carbocycles. The van der Waals surface area contributed by atoms with Crippen molar-refractivity contribution < 1.29 is 10.0 Å². The summed E-state index contributed by atoms with van der Waals surface area (Å²) in [4.78, 5) is 3.57. The smallest absolute Gasteiger partial charge is 0.421 e. The molecule has 0 bridgehead atoms. The van der Waals surface area contributed by atoms with Crippen LogP contribution in [0.1, 0.15) is 0 Å². The van der Waals surface area contributed by atoms with Gasteiger partial charge in [-0.05, 0) is 0 Å². The van der Waals surface area contributed by atoms with Gasteiger partial charge in [-0.2, -0.15) is 5.10 Å². The molecule has 0 fully saturated rings. The Morgan fingerprint density at radius 1 is 1.67 bits per heavy atom. The third-order valence-corrected chi connectivity index (χ3v) is 0.977. The van der Waals surface area contributed by atoms with Crippen LogP contribution in [0.2, 0.25) is 0 Å². The molecule has 0 amide bonds. The monoisotopic (exact) mass is 127 g/mol. The largest absolute Gasteiger partial charge is 0.527 e. The lowest BCUT2D eigenvalue weighted by Gasteiger charge is -1.94. The summed E-state index contributed by atoms with van der Waals surface area (Å²) in [7, 11) is 0.0550. The van der Waals surface area contributed by atoms with Crippen LogP contribution in [0.15, 0.2) is 6.33 Å². The van der Waals surface area contributed by atoms with Crippen molar-refractivity contribution in [3.63, 3.8) is 0 Å². The van der Waals surface area contributed by atoms with E-state index in [-0.39, 0.29) is 5.72 Å². The van der Waals surface area contributed by atoms with E-state index in [2.05, 4.69) is 10.1 Å². The van der Waals surface area contributed by atoms with Gasteiger partial charge >= 0.3 is 7.12 Å². The lowest BCUT2D eigenvalue weighted by atomic mass is 9.91. The summed E-state index contributed by atoms with van der Waals surface area (Å²) in [6.45, 7) is 0. The first-order valence-electron chi connectivity index (χ1n) is 2.42. The van der Waals surface area contributed by atoms with Gasteiger partial charge in [0.25, 0.3) is 0 Å². The van der Waals surface area contributed by atoms with Gasteiger partial charge in [0.05, 0.1) is 0 Å². The van der Waals surface area contributed by atoms with Crippen molar-refractivity contribution in [1.29, 1.82) is 0 Å². The Labute approximate surface area is 52.1 Å². The van der Waals surface area contributed by atoms with Gasteiger partial charge in [-0.1, -0.05) is 0 Å². The molecular weight excluding hydrogens is 121 g/mol. The van der Waals surface area contributed by atoms with Gasteiger partial charge in [0.2, 0.25) is 0 Å². The SMILES string of the molecule is Cn1ncnc1B(O)O. The van der Waals surface area contributed by atoms with Crippen LogP contribution in [0.25, 0.3) is 0 Å². The van der Waals surface area contributed by atoms with Crippen molar-refractivity contribution in [2.75, 3.05) is 0 Å². The molecule has 0 aliphatic carbocycles. The lowest BCUT2D eigenvalue weighted by Crippen LogP contribution is -2.37. The zero-order valence-corrected chi connectivity index (χ0v) is 4.89. The molecule has 0 radical (unpaired) electrons. The van der Waals surface area contributed by atoms with Crippen molar-refractivity contribution in [2.24, 2.45) is 7.05 Å². The van der Waals surface area contributed by atoms with Crippen LogP contribution < -0.4 is 5.72 Å². The minimum absolute atomic E-state index is 0.148. The first-order chi connectivity index (χ1) is 4.22. The van der Waals surface area contributed by atoms with E-state index in [0.29, 0.717) is 0 Å². The average Bonchev–Trinajstić information content (AvgIpc) is 2.13. The van der Waals surface area contributed by atoms with E-state index < -0.39 is 7.12 Å². The molecule has 1 aromatic heterocycles. The number of rotatable bonds is 1. The molecule has 0 saturated carbocycles. The molecule has 0 saturated heterocycles. The summed E-state index contributed by atoms with van der Waals surface area (Å²) >= 11 is 0. The molecular formula is C3H6BN3O2. The predicted octanol–water partition coefficient (Wildman–Crippen LogP) is -2.51. The molecule has 0 spiro atoms. The maximum atomic E-state index is 8.53. The van der Waals surface area contributed by atoms with Crippen LogP contribution >= 0.6 is 0 Å². The second-order valence-electron chi connectivity index (χ2n) is 1.62. The molecule has 0 unspecified atom stereocenters. The Kier molecular flexibility index (Phi) is 1.50. The predicted molar refractivity (Wildman–Crippen MR) is 30.8 cm³/mol. The van der Waals surface area contributed by atoms with Crippen LogP contribution in [0.5, 0.6) is 0 Å². The lowest BCUT2D eigenvalue weighted by molar-refractivity contribution is 0.420. The zero-order valence-electron chi connectivity index (χ0n) is 4.89. The first-order valence-corrected chi connectivity index (χ1v) is 2.42. The Balaban J connectivity index is 2.94. The van der Waals surface area contributed by atoms with E-state index in [1.807, 2.05) is 0 Å². The summed E-state index contributed by atoms with van der Waals surface area (Å²) in [6.07, 6.45) is 1.26. The Morgan fingerprint density at radius 2 is 2.33 bits per heavy atom. The number of aromatic nitrogens is 3. The van der Waals surface area contributed by atoms with Crippen molar-refractivity contribution in [3.05, 3.63) is 6.33 Å². The second-order valence-corrected chi connectivity index (χ2v) is 1.62. The fourth-order valence-corrected chi connectivity index (χ4v) is 0.539. The van der Waals surface area contributed by atoms with E-state index in [9.17, 15) is 0 Å². The minimum Gasteiger partial charge on any atom is -0.421 e. The van der Waals surface area contributed by atoms with Crippen LogP contribution in [-0.2, 0) is 7.05 Å². The van der Waals surface area contributed by atoms with Gasteiger partial charge in [-0.3, -0.25) is 4.68 Å². The maximum absolute atomic E-state index is 8.53. The van der Waals surface area contributed by atoms with Crippen molar-refractivity contribution >= 4 is 12.8 Å². The summed E-state index contributed by atoms with van der Waals surface area (Å²) in [5, 5.41) is 20.7. The fraction of sp³-hybridized carbons (Fsp3) is 0.333.